The maximum absolute atomic E-state index is 11.1. The van der Waals surface area contributed by atoms with Gasteiger partial charge in [-0.15, -0.1) is 0 Å². The highest BCUT2D eigenvalue weighted by Gasteiger charge is 2.28. The average molecular weight is 265 g/mol. The maximum atomic E-state index is 11.1. The monoisotopic (exact) mass is 265 g/mol. The zero-order valence-corrected chi connectivity index (χ0v) is 10.3. The molecule has 0 spiro atoms. The fraction of sp³-hybridized carbons (Fsp3) is 0.455. The number of anilines is 2. The summed E-state index contributed by atoms with van der Waals surface area (Å²) < 4.78 is 0. The zero-order valence-electron chi connectivity index (χ0n) is 10.3. The van der Waals surface area contributed by atoms with E-state index in [1.165, 1.54) is 12.1 Å². The minimum absolute atomic E-state index is 0.0771. The Balaban J connectivity index is 2.21. The molecule has 2 heterocycles. The third kappa shape index (κ3) is 2.72. The molecule has 2 rings (SSSR count). The molecule has 1 aliphatic heterocycles. The minimum Gasteiger partial charge on any atom is -0.384 e. The quantitative estimate of drug-likeness (QED) is 0.596. The van der Waals surface area contributed by atoms with Gasteiger partial charge in [-0.2, -0.15) is 0 Å². The van der Waals surface area contributed by atoms with Crippen LogP contribution in [0.3, 0.4) is 0 Å². The van der Waals surface area contributed by atoms with Crippen LogP contribution in [0.1, 0.15) is 12.8 Å². The van der Waals surface area contributed by atoms with Gasteiger partial charge < -0.3 is 16.4 Å². The number of pyridine rings is 1. The average Bonchev–Trinajstić information content (AvgIpc) is 2.38. The molecule has 0 unspecified atom stereocenters. The molecule has 8 heteroatoms. The Morgan fingerprint density at radius 3 is 2.58 bits per heavy atom. The van der Waals surface area contributed by atoms with Crippen molar-refractivity contribution in [1.29, 1.82) is 0 Å². The second-order valence-corrected chi connectivity index (χ2v) is 4.50. The van der Waals surface area contributed by atoms with Crippen molar-refractivity contribution in [3.05, 3.63) is 22.2 Å². The van der Waals surface area contributed by atoms with Gasteiger partial charge in [-0.1, -0.05) is 0 Å². The number of hydrogen-bond acceptors (Lipinski definition) is 6. The van der Waals surface area contributed by atoms with E-state index in [0.717, 1.165) is 0 Å². The van der Waals surface area contributed by atoms with Crippen molar-refractivity contribution in [1.82, 2.24) is 4.98 Å². The summed E-state index contributed by atoms with van der Waals surface area (Å²) in [4.78, 5) is 27.4. The minimum atomic E-state index is -0.484. The summed E-state index contributed by atoms with van der Waals surface area (Å²) in [6, 6.07) is 2.75. The zero-order chi connectivity index (χ0) is 14.0. The Bertz CT molecular complexity index is 511. The van der Waals surface area contributed by atoms with E-state index in [2.05, 4.69) is 4.98 Å². The molecule has 0 atom stereocenters. The van der Waals surface area contributed by atoms with Gasteiger partial charge in [-0.3, -0.25) is 14.9 Å². The van der Waals surface area contributed by atoms with Gasteiger partial charge in [0, 0.05) is 25.1 Å². The molecule has 1 aliphatic rings. The summed E-state index contributed by atoms with van der Waals surface area (Å²) in [6.45, 7) is 1.01. The molecule has 0 radical (unpaired) electrons. The highest BCUT2D eigenvalue weighted by Crippen LogP contribution is 2.30. The molecule has 1 amide bonds. The molecule has 1 aromatic rings. The Labute approximate surface area is 109 Å². The number of carbonyl (C=O) groups is 1. The number of aromatic nitrogens is 1. The first-order valence-electron chi connectivity index (χ1n) is 5.94. The SMILES string of the molecule is NC(=O)C1CCN(c2nc(N)ccc2[N+](=O)[O-])CC1. The lowest BCUT2D eigenvalue weighted by molar-refractivity contribution is -0.384. The molecular weight excluding hydrogens is 250 g/mol. The van der Waals surface area contributed by atoms with E-state index >= 15 is 0 Å². The number of carbonyl (C=O) groups excluding carboxylic acids is 1. The van der Waals surface area contributed by atoms with Crippen LogP contribution in [0, 0.1) is 16.0 Å². The van der Waals surface area contributed by atoms with Gasteiger partial charge in [0.2, 0.25) is 11.7 Å². The lowest BCUT2D eigenvalue weighted by Gasteiger charge is -2.31. The van der Waals surface area contributed by atoms with Gasteiger partial charge in [-0.25, -0.2) is 4.98 Å². The number of rotatable bonds is 3. The third-order valence-corrected chi connectivity index (χ3v) is 3.27. The molecular formula is C11H15N5O3. The summed E-state index contributed by atoms with van der Waals surface area (Å²) in [6.07, 6.45) is 1.14. The van der Waals surface area contributed by atoms with Crippen LogP contribution in [-0.2, 0) is 4.79 Å². The maximum Gasteiger partial charge on any atom is 0.311 e. The number of nitrogens with zero attached hydrogens (tertiary/aromatic N) is 3. The van der Waals surface area contributed by atoms with E-state index in [1.54, 1.807) is 4.90 Å². The third-order valence-electron chi connectivity index (χ3n) is 3.27. The number of hydrogen-bond donors (Lipinski definition) is 2. The van der Waals surface area contributed by atoms with Gasteiger partial charge in [-0.05, 0) is 18.9 Å². The van der Waals surface area contributed by atoms with Gasteiger partial charge >= 0.3 is 5.69 Å². The topological polar surface area (TPSA) is 128 Å². The number of piperidine rings is 1. The Hall–Kier alpha value is -2.38. The predicted molar refractivity (Wildman–Crippen MR) is 69.4 cm³/mol. The number of amides is 1. The first-order valence-corrected chi connectivity index (χ1v) is 5.94. The molecule has 0 saturated carbocycles. The summed E-state index contributed by atoms with van der Waals surface area (Å²) in [5.41, 5.74) is 10.8. The van der Waals surface area contributed by atoms with Crippen molar-refractivity contribution in [2.75, 3.05) is 23.7 Å². The van der Waals surface area contributed by atoms with Crippen molar-refractivity contribution in [3.8, 4) is 0 Å². The van der Waals surface area contributed by atoms with Gasteiger partial charge in [0.15, 0.2) is 0 Å². The second-order valence-electron chi connectivity index (χ2n) is 4.50. The lowest BCUT2D eigenvalue weighted by atomic mass is 9.96. The van der Waals surface area contributed by atoms with Gasteiger partial charge in [0.25, 0.3) is 0 Å². The summed E-state index contributed by atoms with van der Waals surface area (Å²) in [7, 11) is 0. The van der Waals surface area contributed by atoms with E-state index in [4.69, 9.17) is 11.5 Å². The van der Waals surface area contributed by atoms with Crippen LogP contribution in [0.5, 0.6) is 0 Å². The van der Waals surface area contributed by atoms with Crippen molar-refractivity contribution in [2.45, 2.75) is 12.8 Å². The molecule has 0 aliphatic carbocycles. The largest absolute Gasteiger partial charge is 0.384 e. The fourth-order valence-corrected chi connectivity index (χ4v) is 2.21. The van der Waals surface area contributed by atoms with Crippen LogP contribution >= 0.6 is 0 Å². The lowest BCUT2D eigenvalue weighted by Crippen LogP contribution is -2.39. The molecule has 0 aromatic carbocycles. The molecule has 102 valence electrons. The summed E-state index contributed by atoms with van der Waals surface area (Å²) in [5.74, 6) is -0.00315. The van der Waals surface area contributed by atoms with Crippen molar-refractivity contribution in [2.24, 2.45) is 11.7 Å². The second kappa shape index (κ2) is 5.09. The standard InChI is InChI=1S/C11H15N5O3/c12-9-2-1-8(16(18)19)11(14-9)15-5-3-7(4-6-15)10(13)17/h1-2,7H,3-6H2,(H2,12,14)(H2,13,17). The Kier molecular flexibility index (Phi) is 3.50. The molecule has 4 N–H and O–H groups in total. The van der Waals surface area contributed by atoms with Crippen LogP contribution in [0.25, 0.3) is 0 Å². The highest BCUT2D eigenvalue weighted by molar-refractivity contribution is 5.77. The first kappa shape index (κ1) is 13.1. The molecule has 1 aromatic heterocycles. The molecule has 8 nitrogen and oxygen atoms in total. The number of nitro groups is 1. The molecule has 1 fully saturated rings. The van der Waals surface area contributed by atoms with Crippen LogP contribution in [0.15, 0.2) is 12.1 Å². The first-order chi connectivity index (χ1) is 8.99. The van der Waals surface area contributed by atoms with Gasteiger partial charge in [0.1, 0.15) is 5.82 Å². The Morgan fingerprint density at radius 2 is 2.05 bits per heavy atom. The van der Waals surface area contributed by atoms with Crippen molar-refractivity contribution < 1.29 is 9.72 Å². The van der Waals surface area contributed by atoms with E-state index in [-0.39, 0.29) is 29.1 Å². The van der Waals surface area contributed by atoms with E-state index < -0.39 is 4.92 Å². The van der Waals surface area contributed by atoms with Crippen LogP contribution in [0.2, 0.25) is 0 Å². The highest BCUT2D eigenvalue weighted by atomic mass is 16.6. The van der Waals surface area contributed by atoms with E-state index in [0.29, 0.717) is 25.9 Å². The van der Waals surface area contributed by atoms with Crippen LogP contribution < -0.4 is 16.4 Å². The predicted octanol–water partition coefficient (Wildman–Crippen LogP) is 0.274. The number of nitrogen functional groups attached to an aromatic ring is 1. The smallest absolute Gasteiger partial charge is 0.311 e. The molecule has 1 saturated heterocycles. The van der Waals surface area contributed by atoms with Crippen LogP contribution in [0.4, 0.5) is 17.3 Å². The fourth-order valence-electron chi connectivity index (χ4n) is 2.21. The van der Waals surface area contributed by atoms with Crippen LogP contribution in [-0.4, -0.2) is 28.9 Å². The number of primary amides is 1. The van der Waals surface area contributed by atoms with Crippen molar-refractivity contribution >= 4 is 23.2 Å². The molecule has 19 heavy (non-hydrogen) atoms. The summed E-state index contributed by atoms with van der Waals surface area (Å²) >= 11 is 0. The Morgan fingerprint density at radius 1 is 1.42 bits per heavy atom. The summed E-state index contributed by atoms with van der Waals surface area (Å²) in [5, 5.41) is 11.0. The van der Waals surface area contributed by atoms with Crippen molar-refractivity contribution in [3.63, 3.8) is 0 Å². The van der Waals surface area contributed by atoms with Gasteiger partial charge in [0.05, 0.1) is 4.92 Å². The van der Waals surface area contributed by atoms with E-state index in [9.17, 15) is 14.9 Å². The molecule has 0 bridgehead atoms. The normalized spacial score (nSPS) is 16.3. The van der Waals surface area contributed by atoms with E-state index in [1.807, 2.05) is 0 Å². The number of nitrogens with two attached hydrogens (primary N) is 2.